The highest BCUT2D eigenvalue weighted by molar-refractivity contribution is 5.75. The molecule has 166 valence electrons. The summed E-state index contributed by atoms with van der Waals surface area (Å²) in [7, 11) is 0. The van der Waals surface area contributed by atoms with Gasteiger partial charge in [-0.15, -0.1) is 0 Å². The number of nitrogens with zero attached hydrogens (tertiary/aromatic N) is 3. The first-order chi connectivity index (χ1) is 15.0. The molecule has 1 aromatic carbocycles. The molecule has 2 aromatic rings. The molecule has 1 amide bonds. The predicted octanol–water partition coefficient (Wildman–Crippen LogP) is 1.66. The van der Waals surface area contributed by atoms with Crippen LogP contribution in [0.4, 0.5) is 5.69 Å². The Morgan fingerprint density at radius 3 is 2.81 bits per heavy atom. The monoisotopic (exact) mass is 425 g/mol. The quantitative estimate of drug-likeness (QED) is 0.510. The summed E-state index contributed by atoms with van der Waals surface area (Å²) in [4.78, 5) is 31.2. The van der Waals surface area contributed by atoms with Crippen LogP contribution in [0.1, 0.15) is 56.1 Å². The molecule has 4 rings (SSSR count). The molecule has 0 saturated carbocycles. The number of H-pyrrole nitrogens is 1. The van der Waals surface area contributed by atoms with E-state index in [1.54, 1.807) is 4.57 Å². The third-order valence-corrected chi connectivity index (χ3v) is 5.86. The zero-order chi connectivity index (χ0) is 21.8. The van der Waals surface area contributed by atoms with Crippen LogP contribution in [-0.4, -0.2) is 40.2 Å². The molecule has 0 bridgehead atoms. The molecule has 8 nitrogen and oxygen atoms in total. The van der Waals surface area contributed by atoms with E-state index >= 15 is 0 Å². The van der Waals surface area contributed by atoms with Crippen LogP contribution >= 0.6 is 0 Å². The summed E-state index contributed by atoms with van der Waals surface area (Å²) in [6, 6.07) is 4.07. The van der Waals surface area contributed by atoms with Crippen molar-refractivity contribution in [1.29, 1.82) is 0 Å². The molecule has 0 spiro atoms. The summed E-state index contributed by atoms with van der Waals surface area (Å²) >= 11 is 0. The fraction of sp³-hybridized carbons (Fsp3) is 0.522. The maximum atomic E-state index is 11.9. The van der Waals surface area contributed by atoms with Gasteiger partial charge in [-0.3, -0.25) is 20.0 Å². The normalized spacial score (nSPS) is 15.3. The number of aryl methyl sites for hydroxylation is 1. The summed E-state index contributed by atoms with van der Waals surface area (Å²) in [5.41, 5.74) is 6.20. The van der Waals surface area contributed by atoms with Crippen LogP contribution in [0.15, 0.2) is 21.9 Å². The molecule has 2 aliphatic heterocycles. The number of benzene rings is 1. The molecule has 0 radical (unpaired) electrons. The van der Waals surface area contributed by atoms with Gasteiger partial charge in [0.25, 0.3) is 5.56 Å². The molecule has 1 saturated heterocycles. The van der Waals surface area contributed by atoms with Gasteiger partial charge in [0.1, 0.15) is 16.8 Å². The molecule has 1 aromatic heterocycles. The summed E-state index contributed by atoms with van der Waals surface area (Å²) in [6.45, 7) is 8.96. The van der Waals surface area contributed by atoms with E-state index in [4.69, 9.17) is 4.74 Å². The molecule has 8 heteroatoms. The van der Waals surface area contributed by atoms with Crippen molar-refractivity contribution in [3.8, 4) is 5.75 Å². The summed E-state index contributed by atoms with van der Waals surface area (Å²) in [6.07, 6.45) is 6.75. The van der Waals surface area contributed by atoms with E-state index in [0.29, 0.717) is 30.5 Å². The highest BCUT2D eigenvalue weighted by Crippen LogP contribution is 2.34. The average Bonchev–Trinajstić information content (AvgIpc) is 3.34. The van der Waals surface area contributed by atoms with Gasteiger partial charge in [-0.05, 0) is 44.2 Å². The van der Waals surface area contributed by atoms with Crippen LogP contribution in [0, 0.1) is 6.92 Å². The van der Waals surface area contributed by atoms with E-state index in [1.165, 1.54) is 12.8 Å². The number of carbonyl (C=O) groups is 1. The van der Waals surface area contributed by atoms with E-state index in [0.717, 1.165) is 61.3 Å². The number of ether oxygens (including phenoxy) is 1. The fourth-order valence-electron chi connectivity index (χ4n) is 4.19. The number of hydrogen-bond donors (Lipinski definition) is 2. The highest BCUT2D eigenvalue weighted by Gasteiger charge is 2.18. The fourth-order valence-corrected chi connectivity index (χ4v) is 4.19. The second-order valence-electron chi connectivity index (χ2n) is 8.43. The zero-order valence-corrected chi connectivity index (χ0v) is 18.2. The minimum Gasteiger partial charge on any atom is -0.491 e. The van der Waals surface area contributed by atoms with Gasteiger partial charge in [-0.2, -0.15) is 0 Å². The molecule has 0 atom stereocenters. The Labute approximate surface area is 181 Å². The lowest BCUT2D eigenvalue weighted by molar-refractivity contribution is -0.125. The minimum atomic E-state index is -0.208. The Balaban J connectivity index is 1.25. The standard InChI is InChI=1S/C23H31N5O3/c1-16-13-18-15-28-17(2)22(30)25-23(28)24-21(18)19(14-16)31-12-8-4-3-5-9-20(29)26-27-10-6-7-11-27/h13-14H,2-12,15H2,1H3,(H,26,29)(H,24,25,30). The van der Waals surface area contributed by atoms with Crippen molar-refractivity contribution in [3.63, 3.8) is 0 Å². The minimum absolute atomic E-state index is 0.124. The maximum absolute atomic E-state index is 11.9. The Hall–Kier alpha value is -2.87. The van der Waals surface area contributed by atoms with E-state index in [9.17, 15) is 9.59 Å². The molecule has 1 fully saturated rings. The Morgan fingerprint density at radius 2 is 2.00 bits per heavy atom. The number of aromatic nitrogens is 2. The zero-order valence-electron chi connectivity index (χ0n) is 18.2. The maximum Gasteiger partial charge on any atom is 0.274 e. The number of fused-ring (bicyclic) bond motifs is 2. The Kier molecular flexibility index (Phi) is 6.56. The predicted molar refractivity (Wildman–Crippen MR) is 119 cm³/mol. The highest BCUT2D eigenvalue weighted by atomic mass is 16.5. The number of hydrogen-bond acceptors (Lipinski definition) is 5. The summed E-state index contributed by atoms with van der Waals surface area (Å²) in [5, 5.41) is 2.44. The third kappa shape index (κ3) is 5.07. The molecule has 31 heavy (non-hydrogen) atoms. The van der Waals surface area contributed by atoms with Gasteiger partial charge in [0.2, 0.25) is 11.5 Å². The first kappa shape index (κ1) is 21.4. The van der Waals surface area contributed by atoms with Crippen molar-refractivity contribution in [2.45, 2.75) is 58.4 Å². The van der Waals surface area contributed by atoms with Crippen LogP contribution in [0.5, 0.6) is 5.75 Å². The SMILES string of the molecule is C=c1c(=O)[nH]c2n1Cc1cc(C)cc(OCCCCCCC(=O)NN3CCCC3)c1N=2. The summed E-state index contributed by atoms with van der Waals surface area (Å²) in [5.74, 6) is 0.873. The lowest BCUT2D eigenvalue weighted by atomic mass is 10.1. The molecule has 0 aliphatic carbocycles. The number of nitrogens with one attached hydrogen (secondary N) is 2. The van der Waals surface area contributed by atoms with Gasteiger partial charge in [-0.25, -0.2) is 10.0 Å². The van der Waals surface area contributed by atoms with Gasteiger partial charge >= 0.3 is 0 Å². The molecule has 2 N–H and O–H groups in total. The van der Waals surface area contributed by atoms with E-state index in [-0.39, 0.29) is 11.5 Å². The smallest absolute Gasteiger partial charge is 0.274 e. The number of imidazole rings is 1. The number of carbonyl (C=O) groups excluding carboxylic acids is 1. The van der Waals surface area contributed by atoms with Crippen molar-refractivity contribution >= 4 is 18.2 Å². The molecular formula is C23H31N5O3. The van der Waals surface area contributed by atoms with Crippen molar-refractivity contribution in [2.75, 3.05) is 19.7 Å². The van der Waals surface area contributed by atoms with Gasteiger partial charge < -0.3 is 9.30 Å². The number of aromatic amines is 1. The van der Waals surface area contributed by atoms with E-state index in [2.05, 4.69) is 28.0 Å². The van der Waals surface area contributed by atoms with Crippen molar-refractivity contribution in [1.82, 2.24) is 20.0 Å². The number of unbranched alkanes of at least 4 members (excludes halogenated alkanes) is 3. The largest absolute Gasteiger partial charge is 0.491 e. The number of amides is 1. The van der Waals surface area contributed by atoms with Crippen molar-refractivity contribution in [2.24, 2.45) is 4.99 Å². The number of hydrazine groups is 1. The average molecular weight is 426 g/mol. The van der Waals surface area contributed by atoms with Gasteiger partial charge in [-0.1, -0.05) is 25.5 Å². The van der Waals surface area contributed by atoms with Gasteiger partial charge in [0.15, 0.2) is 0 Å². The van der Waals surface area contributed by atoms with Gasteiger partial charge in [0, 0.05) is 25.1 Å². The van der Waals surface area contributed by atoms with Crippen molar-refractivity contribution in [3.05, 3.63) is 44.6 Å². The Morgan fingerprint density at radius 1 is 1.23 bits per heavy atom. The lowest BCUT2D eigenvalue weighted by Crippen LogP contribution is -2.39. The molecule has 0 unspecified atom stereocenters. The van der Waals surface area contributed by atoms with Crippen LogP contribution < -0.4 is 26.7 Å². The lowest BCUT2D eigenvalue weighted by Gasteiger charge is -2.17. The van der Waals surface area contributed by atoms with E-state index < -0.39 is 0 Å². The van der Waals surface area contributed by atoms with Gasteiger partial charge in [0.05, 0.1) is 13.2 Å². The molecular weight excluding hydrogens is 394 g/mol. The second-order valence-corrected chi connectivity index (χ2v) is 8.43. The molecule has 2 aliphatic rings. The second kappa shape index (κ2) is 9.51. The first-order valence-electron chi connectivity index (χ1n) is 11.2. The van der Waals surface area contributed by atoms with Crippen molar-refractivity contribution < 1.29 is 9.53 Å². The summed E-state index contributed by atoms with van der Waals surface area (Å²) < 4.78 is 7.86. The van der Waals surface area contributed by atoms with Crippen LogP contribution in [0.3, 0.4) is 0 Å². The van der Waals surface area contributed by atoms with E-state index in [1.807, 2.05) is 18.0 Å². The van der Waals surface area contributed by atoms with Crippen LogP contribution in [-0.2, 0) is 11.3 Å². The molecule has 3 heterocycles. The Bertz CT molecular complexity index is 1110. The topological polar surface area (TPSA) is 91.7 Å². The van der Waals surface area contributed by atoms with Crippen LogP contribution in [0.25, 0.3) is 6.58 Å². The number of rotatable bonds is 9. The first-order valence-corrected chi connectivity index (χ1v) is 11.2. The van der Waals surface area contributed by atoms with Crippen LogP contribution in [0.2, 0.25) is 0 Å². The third-order valence-electron chi connectivity index (χ3n) is 5.86.